The van der Waals surface area contributed by atoms with Gasteiger partial charge in [-0.3, -0.25) is 0 Å². The van der Waals surface area contributed by atoms with E-state index in [9.17, 15) is 0 Å². The van der Waals surface area contributed by atoms with E-state index in [1.165, 1.54) is 43.6 Å². The highest BCUT2D eigenvalue weighted by molar-refractivity contribution is 7.09. The van der Waals surface area contributed by atoms with Crippen LogP contribution in [0.1, 0.15) is 64.1 Å². The molecule has 0 atom stereocenters. The normalized spacial score (nSPS) is 17.0. The molecule has 0 radical (unpaired) electrons. The second kappa shape index (κ2) is 7.80. The Bertz CT molecular complexity index is 361. The van der Waals surface area contributed by atoms with Crippen LogP contribution in [0.5, 0.6) is 0 Å². The van der Waals surface area contributed by atoms with Gasteiger partial charge in [0.05, 0.1) is 6.10 Å². The third kappa shape index (κ3) is 5.07. The Morgan fingerprint density at radius 3 is 2.79 bits per heavy atom. The number of anilines is 1. The van der Waals surface area contributed by atoms with Gasteiger partial charge in [-0.25, -0.2) is 4.98 Å². The van der Waals surface area contributed by atoms with E-state index in [-0.39, 0.29) is 0 Å². The lowest BCUT2D eigenvalue weighted by molar-refractivity contribution is 0.0284. The fourth-order valence-corrected chi connectivity index (χ4v) is 3.02. The van der Waals surface area contributed by atoms with E-state index in [4.69, 9.17) is 4.74 Å². The van der Waals surface area contributed by atoms with Gasteiger partial charge in [-0.1, -0.05) is 33.1 Å². The van der Waals surface area contributed by atoms with Gasteiger partial charge >= 0.3 is 0 Å². The first-order chi connectivity index (χ1) is 9.25. The minimum atomic E-state index is 0.404. The summed E-state index contributed by atoms with van der Waals surface area (Å²) in [5.74, 6) is 1.34. The average molecular weight is 283 g/mol. The molecule has 108 valence electrons. The van der Waals surface area contributed by atoms with E-state index in [1.807, 2.05) is 0 Å². The van der Waals surface area contributed by atoms with Gasteiger partial charge in [0.25, 0.3) is 0 Å². The zero-order valence-corrected chi connectivity index (χ0v) is 12.8. The molecule has 2 rings (SSSR count). The lowest BCUT2D eigenvalue weighted by Gasteiger charge is -2.21. The van der Waals surface area contributed by atoms with Crippen molar-refractivity contribution in [2.24, 2.45) is 0 Å². The van der Waals surface area contributed by atoms with Crippen molar-refractivity contribution in [3.63, 3.8) is 0 Å². The summed E-state index contributed by atoms with van der Waals surface area (Å²) in [6, 6.07) is 0. The quantitative estimate of drug-likeness (QED) is 0.773. The molecule has 0 spiro atoms. The summed E-state index contributed by atoms with van der Waals surface area (Å²) >= 11 is 1.45. The van der Waals surface area contributed by atoms with Gasteiger partial charge < -0.3 is 10.1 Å². The van der Waals surface area contributed by atoms with Gasteiger partial charge in [0.2, 0.25) is 5.13 Å². The van der Waals surface area contributed by atoms with Crippen LogP contribution in [0.4, 0.5) is 5.13 Å². The molecule has 1 aliphatic carbocycles. The average Bonchev–Trinajstić information content (AvgIpc) is 2.89. The SMILES string of the molecule is CC(C)c1nsc(NCCCOC2CCCCC2)n1. The highest BCUT2D eigenvalue weighted by Crippen LogP contribution is 2.20. The van der Waals surface area contributed by atoms with Crippen LogP contribution >= 0.6 is 11.5 Å². The Labute approximate surface area is 120 Å². The summed E-state index contributed by atoms with van der Waals surface area (Å²) < 4.78 is 10.2. The molecule has 0 aliphatic heterocycles. The number of ether oxygens (including phenoxy) is 1. The predicted octanol–water partition coefficient (Wildman–Crippen LogP) is 3.81. The first-order valence-corrected chi connectivity index (χ1v) is 8.22. The number of hydrogen-bond acceptors (Lipinski definition) is 5. The molecule has 19 heavy (non-hydrogen) atoms. The Morgan fingerprint density at radius 2 is 2.11 bits per heavy atom. The Morgan fingerprint density at radius 1 is 1.32 bits per heavy atom. The molecule has 1 heterocycles. The Kier molecular flexibility index (Phi) is 6.04. The van der Waals surface area contributed by atoms with Crippen molar-refractivity contribution >= 4 is 16.7 Å². The maximum Gasteiger partial charge on any atom is 0.202 e. The lowest BCUT2D eigenvalue weighted by atomic mass is 9.98. The minimum absolute atomic E-state index is 0.404. The number of aromatic nitrogens is 2. The summed E-state index contributed by atoms with van der Waals surface area (Å²) in [7, 11) is 0. The monoisotopic (exact) mass is 283 g/mol. The molecular weight excluding hydrogens is 258 g/mol. The van der Waals surface area contributed by atoms with Crippen molar-refractivity contribution in [1.29, 1.82) is 0 Å². The molecule has 5 heteroatoms. The topological polar surface area (TPSA) is 47.0 Å². The van der Waals surface area contributed by atoms with Gasteiger partial charge in [-0.15, -0.1) is 0 Å². The Balaban J connectivity index is 1.55. The standard InChI is InChI=1S/C14H25N3OS/c1-11(2)13-16-14(19-17-13)15-9-6-10-18-12-7-4-3-5-8-12/h11-12H,3-10H2,1-2H3,(H,15,16,17). The maximum atomic E-state index is 5.89. The largest absolute Gasteiger partial charge is 0.378 e. The summed E-state index contributed by atoms with van der Waals surface area (Å²) in [5, 5.41) is 4.25. The number of hydrogen-bond donors (Lipinski definition) is 1. The van der Waals surface area contributed by atoms with Crippen LogP contribution in [0.3, 0.4) is 0 Å². The summed E-state index contributed by atoms with van der Waals surface area (Å²) in [6.07, 6.45) is 8.12. The van der Waals surface area contributed by atoms with E-state index in [2.05, 4.69) is 28.5 Å². The smallest absolute Gasteiger partial charge is 0.202 e. The van der Waals surface area contributed by atoms with Crippen LogP contribution in [-0.4, -0.2) is 28.6 Å². The molecule has 1 saturated carbocycles. The molecule has 0 amide bonds. The van der Waals surface area contributed by atoms with Crippen molar-refractivity contribution in [2.45, 2.75) is 64.4 Å². The van der Waals surface area contributed by atoms with Crippen molar-refractivity contribution < 1.29 is 4.74 Å². The third-order valence-corrected chi connectivity index (χ3v) is 4.15. The molecular formula is C14H25N3OS. The second-order valence-corrected chi connectivity index (χ2v) is 6.28. The fraction of sp³-hybridized carbons (Fsp3) is 0.857. The van der Waals surface area contributed by atoms with Gasteiger partial charge in [0, 0.05) is 30.6 Å². The molecule has 0 bridgehead atoms. The van der Waals surface area contributed by atoms with Crippen LogP contribution in [0.25, 0.3) is 0 Å². The van der Waals surface area contributed by atoms with E-state index in [0.717, 1.165) is 30.5 Å². The van der Waals surface area contributed by atoms with Crippen molar-refractivity contribution in [1.82, 2.24) is 9.36 Å². The molecule has 4 nitrogen and oxygen atoms in total. The van der Waals surface area contributed by atoms with Crippen LogP contribution in [0, 0.1) is 0 Å². The van der Waals surface area contributed by atoms with Crippen LogP contribution in [0.2, 0.25) is 0 Å². The predicted molar refractivity (Wildman–Crippen MR) is 79.9 cm³/mol. The van der Waals surface area contributed by atoms with Gasteiger partial charge in [-0.05, 0) is 19.3 Å². The van der Waals surface area contributed by atoms with E-state index in [1.54, 1.807) is 0 Å². The van der Waals surface area contributed by atoms with E-state index < -0.39 is 0 Å². The summed E-state index contributed by atoms with van der Waals surface area (Å²) in [4.78, 5) is 4.45. The fourth-order valence-electron chi connectivity index (χ4n) is 2.29. The molecule has 0 unspecified atom stereocenters. The third-order valence-electron chi connectivity index (χ3n) is 3.46. The van der Waals surface area contributed by atoms with Gasteiger partial charge in [0.15, 0.2) is 0 Å². The highest BCUT2D eigenvalue weighted by Gasteiger charge is 2.13. The lowest BCUT2D eigenvalue weighted by Crippen LogP contribution is -2.18. The van der Waals surface area contributed by atoms with Crippen molar-refractivity contribution in [3.8, 4) is 0 Å². The summed E-state index contributed by atoms with van der Waals surface area (Å²) in [5.41, 5.74) is 0. The number of nitrogens with zero attached hydrogens (tertiary/aromatic N) is 2. The van der Waals surface area contributed by atoms with Crippen molar-refractivity contribution in [2.75, 3.05) is 18.5 Å². The first kappa shape index (κ1) is 14.7. The zero-order chi connectivity index (χ0) is 13.5. The number of rotatable bonds is 7. The molecule has 0 saturated heterocycles. The zero-order valence-electron chi connectivity index (χ0n) is 12.0. The Hall–Kier alpha value is -0.680. The molecule has 0 aromatic carbocycles. The molecule has 1 aliphatic rings. The molecule has 1 aromatic heterocycles. The van der Waals surface area contributed by atoms with Gasteiger partial charge in [-0.2, -0.15) is 4.37 Å². The number of nitrogens with one attached hydrogen (secondary N) is 1. The van der Waals surface area contributed by atoms with Crippen LogP contribution in [-0.2, 0) is 4.74 Å². The molecule has 1 aromatic rings. The van der Waals surface area contributed by atoms with E-state index >= 15 is 0 Å². The second-order valence-electron chi connectivity index (χ2n) is 5.52. The van der Waals surface area contributed by atoms with Crippen LogP contribution < -0.4 is 5.32 Å². The van der Waals surface area contributed by atoms with E-state index in [0.29, 0.717) is 12.0 Å². The molecule has 1 N–H and O–H groups in total. The van der Waals surface area contributed by atoms with Crippen molar-refractivity contribution in [3.05, 3.63) is 5.82 Å². The molecule has 1 fully saturated rings. The minimum Gasteiger partial charge on any atom is -0.378 e. The van der Waals surface area contributed by atoms with Gasteiger partial charge in [0.1, 0.15) is 5.82 Å². The first-order valence-electron chi connectivity index (χ1n) is 7.45. The summed E-state index contributed by atoms with van der Waals surface area (Å²) in [6.45, 7) is 6.00. The highest BCUT2D eigenvalue weighted by atomic mass is 32.1. The maximum absolute atomic E-state index is 5.89. The van der Waals surface area contributed by atoms with Crippen LogP contribution in [0.15, 0.2) is 0 Å².